The molecule has 1 saturated heterocycles. The molecule has 0 spiro atoms. The van der Waals surface area contributed by atoms with Crippen LogP contribution in [0.4, 0.5) is 0 Å². The maximum atomic E-state index is 13.1. The molecule has 124 valence electrons. The van der Waals surface area contributed by atoms with Gasteiger partial charge < -0.3 is 5.32 Å². The fourth-order valence-electron chi connectivity index (χ4n) is 5.72. The summed E-state index contributed by atoms with van der Waals surface area (Å²) in [5, 5.41) is 2.83. The molecule has 5 aliphatic rings. The molecule has 1 amide bonds. The number of sulfonamides is 1. The van der Waals surface area contributed by atoms with Gasteiger partial charge >= 0.3 is 0 Å². The zero-order valence-electron chi connectivity index (χ0n) is 13.0. The Labute approximate surface area is 132 Å². The van der Waals surface area contributed by atoms with E-state index in [1.165, 1.54) is 19.3 Å². The van der Waals surface area contributed by atoms with Crippen LogP contribution in [0.15, 0.2) is 0 Å². The molecule has 0 aromatic rings. The van der Waals surface area contributed by atoms with Crippen LogP contribution in [0, 0.1) is 17.8 Å². The number of carbonyl (C=O) groups is 1. The molecule has 1 atom stereocenters. The first-order valence-corrected chi connectivity index (χ1v) is 10.3. The maximum Gasteiger partial charge on any atom is 0.238 e. The van der Waals surface area contributed by atoms with E-state index < -0.39 is 20.8 Å². The van der Waals surface area contributed by atoms with Gasteiger partial charge in [0, 0.05) is 6.54 Å². The molecule has 0 radical (unpaired) electrons. The third-order valence-electron chi connectivity index (χ3n) is 6.38. The van der Waals surface area contributed by atoms with Gasteiger partial charge in [-0.3, -0.25) is 4.79 Å². The highest BCUT2D eigenvalue weighted by molar-refractivity contribution is 7.91. The largest absolute Gasteiger partial charge is 0.355 e. The van der Waals surface area contributed by atoms with E-state index in [9.17, 15) is 13.2 Å². The van der Waals surface area contributed by atoms with Crippen LogP contribution >= 0.6 is 0 Å². The summed E-state index contributed by atoms with van der Waals surface area (Å²) in [5.74, 6) is 1.62. The lowest BCUT2D eigenvalue weighted by atomic mass is 9.56. The van der Waals surface area contributed by atoms with Gasteiger partial charge in [0.25, 0.3) is 0 Å². The molecule has 1 aliphatic heterocycles. The van der Waals surface area contributed by atoms with E-state index in [0.717, 1.165) is 32.1 Å². The predicted molar refractivity (Wildman–Crippen MR) is 83.6 cm³/mol. The Balaban J connectivity index is 1.56. The van der Waals surface area contributed by atoms with Crippen LogP contribution in [-0.4, -0.2) is 31.7 Å². The van der Waals surface area contributed by atoms with Gasteiger partial charge in [-0.15, -0.1) is 0 Å². The number of rotatable bonds is 3. The van der Waals surface area contributed by atoms with Crippen LogP contribution in [0.2, 0.25) is 0 Å². The lowest BCUT2D eigenvalue weighted by molar-refractivity contribution is -0.122. The summed E-state index contributed by atoms with van der Waals surface area (Å²) in [6, 6.07) is -0.569. The monoisotopic (exact) mass is 326 g/mol. The van der Waals surface area contributed by atoms with E-state index in [4.69, 9.17) is 0 Å². The quantitative estimate of drug-likeness (QED) is 0.826. The summed E-state index contributed by atoms with van der Waals surface area (Å²) in [5.41, 5.74) is 0. The van der Waals surface area contributed by atoms with Crippen LogP contribution in [0.25, 0.3) is 0 Å². The lowest BCUT2D eigenvalue weighted by Crippen LogP contribution is -2.60. The molecule has 1 heterocycles. The minimum absolute atomic E-state index is 0.147. The first-order valence-electron chi connectivity index (χ1n) is 8.77. The Hall–Kier alpha value is -0.620. The average Bonchev–Trinajstić information content (AvgIpc) is 2.62. The van der Waals surface area contributed by atoms with Crippen molar-refractivity contribution in [1.29, 1.82) is 0 Å². The van der Waals surface area contributed by atoms with Crippen molar-refractivity contribution in [3.63, 3.8) is 0 Å². The van der Waals surface area contributed by atoms with Crippen LogP contribution in [0.3, 0.4) is 0 Å². The minimum Gasteiger partial charge on any atom is -0.355 e. The SMILES string of the molecule is O=C1NCCCC[C@@H]1NS(=O)(=O)C12CC3CC(CC(C3)C1)C2. The van der Waals surface area contributed by atoms with Crippen molar-refractivity contribution in [2.75, 3.05) is 6.54 Å². The third kappa shape index (κ3) is 2.39. The lowest BCUT2D eigenvalue weighted by Gasteiger charge is -2.55. The zero-order chi connectivity index (χ0) is 15.4. The van der Waals surface area contributed by atoms with Gasteiger partial charge in [0.1, 0.15) is 6.04 Å². The molecule has 2 N–H and O–H groups in total. The maximum absolute atomic E-state index is 13.1. The van der Waals surface area contributed by atoms with Crippen molar-refractivity contribution in [2.45, 2.75) is 68.6 Å². The molecule has 0 aromatic heterocycles. The highest BCUT2D eigenvalue weighted by Crippen LogP contribution is 2.58. The van der Waals surface area contributed by atoms with Crippen molar-refractivity contribution < 1.29 is 13.2 Å². The van der Waals surface area contributed by atoms with E-state index >= 15 is 0 Å². The van der Waals surface area contributed by atoms with Crippen LogP contribution < -0.4 is 10.0 Å². The van der Waals surface area contributed by atoms with Gasteiger partial charge in [-0.25, -0.2) is 13.1 Å². The normalized spacial score (nSPS) is 44.6. The Kier molecular flexibility index (Phi) is 3.53. The third-order valence-corrected chi connectivity index (χ3v) is 8.62. The molecule has 4 bridgehead atoms. The van der Waals surface area contributed by atoms with Crippen LogP contribution in [0.5, 0.6) is 0 Å². The van der Waals surface area contributed by atoms with Gasteiger partial charge in [0.05, 0.1) is 4.75 Å². The first kappa shape index (κ1) is 14.9. The summed E-state index contributed by atoms with van der Waals surface area (Å²) in [4.78, 5) is 12.1. The van der Waals surface area contributed by atoms with Crippen molar-refractivity contribution in [1.82, 2.24) is 10.0 Å². The summed E-state index contributed by atoms with van der Waals surface area (Å²) in [6.07, 6.45) is 8.54. The predicted octanol–water partition coefficient (Wildman–Crippen LogP) is 1.54. The van der Waals surface area contributed by atoms with Gasteiger partial charge in [0.2, 0.25) is 15.9 Å². The van der Waals surface area contributed by atoms with Crippen molar-refractivity contribution in [3.8, 4) is 0 Å². The Bertz CT molecular complexity index is 537. The smallest absolute Gasteiger partial charge is 0.238 e. The average molecular weight is 326 g/mol. The summed E-state index contributed by atoms with van der Waals surface area (Å²) >= 11 is 0. The number of hydrogen-bond donors (Lipinski definition) is 2. The standard InChI is InChI=1S/C16H26N2O3S/c19-15-14(3-1-2-4-17-15)18-22(20,21)16-8-11-5-12(9-16)7-13(6-11)10-16/h11-14,18H,1-10H2,(H,17,19)/t11?,12?,13?,14-,16?/m0/s1. The zero-order valence-corrected chi connectivity index (χ0v) is 13.8. The van der Waals surface area contributed by atoms with Gasteiger partial charge in [0.15, 0.2) is 0 Å². The molecule has 5 fully saturated rings. The highest BCUT2D eigenvalue weighted by atomic mass is 32.2. The van der Waals surface area contributed by atoms with Crippen LogP contribution in [-0.2, 0) is 14.8 Å². The number of nitrogens with one attached hydrogen (secondary N) is 2. The highest BCUT2D eigenvalue weighted by Gasteiger charge is 2.57. The van der Waals surface area contributed by atoms with E-state index in [1.54, 1.807) is 0 Å². The van der Waals surface area contributed by atoms with Crippen molar-refractivity contribution >= 4 is 15.9 Å². The molecule has 4 aliphatic carbocycles. The summed E-state index contributed by atoms with van der Waals surface area (Å²) in [6.45, 7) is 0.661. The second-order valence-corrected chi connectivity index (χ2v) is 10.2. The van der Waals surface area contributed by atoms with E-state index in [0.29, 0.717) is 30.7 Å². The molecular formula is C16H26N2O3S. The number of hydrogen-bond acceptors (Lipinski definition) is 3. The van der Waals surface area contributed by atoms with Crippen molar-refractivity contribution in [2.24, 2.45) is 17.8 Å². The molecule has 22 heavy (non-hydrogen) atoms. The number of amides is 1. The molecule has 5 nitrogen and oxygen atoms in total. The van der Waals surface area contributed by atoms with Gasteiger partial charge in [-0.2, -0.15) is 0 Å². The Morgan fingerprint density at radius 2 is 1.59 bits per heavy atom. The second-order valence-electron chi connectivity index (χ2n) is 8.06. The van der Waals surface area contributed by atoms with Gasteiger partial charge in [-0.05, 0) is 75.5 Å². The Morgan fingerprint density at radius 3 is 2.18 bits per heavy atom. The van der Waals surface area contributed by atoms with Gasteiger partial charge in [-0.1, -0.05) is 0 Å². The topological polar surface area (TPSA) is 75.3 Å². The molecule has 5 rings (SSSR count). The summed E-state index contributed by atoms with van der Waals surface area (Å²) < 4.78 is 28.5. The number of carbonyl (C=O) groups excluding carboxylic acids is 1. The Morgan fingerprint density at radius 1 is 1.00 bits per heavy atom. The van der Waals surface area contributed by atoms with Crippen LogP contribution in [0.1, 0.15) is 57.8 Å². The fourth-order valence-corrected chi connectivity index (χ4v) is 7.94. The fraction of sp³-hybridized carbons (Fsp3) is 0.938. The molecule has 0 unspecified atom stereocenters. The van der Waals surface area contributed by atoms with E-state index in [1.807, 2.05) is 0 Å². The minimum atomic E-state index is -3.44. The molecule has 6 heteroatoms. The first-order chi connectivity index (χ1) is 10.5. The van der Waals surface area contributed by atoms with E-state index in [2.05, 4.69) is 10.0 Å². The van der Waals surface area contributed by atoms with E-state index in [-0.39, 0.29) is 5.91 Å². The molecule has 0 aromatic carbocycles. The second kappa shape index (κ2) is 5.20. The molecular weight excluding hydrogens is 300 g/mol. The van der Waals surface area contributed by atoms with Crippen molar-refractivity contribution in [3.05, 3.63) is 0 Å². The molecule has 4 saturated carbocycles. The summed E-state index contributed by atoms with van der Waals surface area (Å²) in [7, 11) is -3.44.